The molecule has 0 bridgehead atoms. The van der Waals surface area contributed by atoms with E-state index in [-0.39, 0.29) is 24.6 Å². The fourth-order valence-electron chi connectivity index (χ4n) is 1.65. The fraction of sp³-hybridized carbons (Fsp3) is 0.571. The number of unbranched alkanes of at least 4 members (excludes halogenated alkanes) is 1. The molecule has 4 nitrogen and oxygen atoms in total. The van der Waals surface area contributed by atoms with E-state index in [1.165, 1.54) is 0 Å². The van der Waals surface area contributed by atoms with Gasteiger partial charge in [-0.15, -0.1) is 0 Å². The summed E-state index contributed by atoms with van der Waals surface area (Å²) in [5.74, 6) is -0.371. The molecule has 21 heavy (non-hydrogen) atoms. The van der Waals surface area contributed by atoms with Crippen LogP contribution in [-0.2, 0) is 0 Å². The lowest BCUT2D eigenvalue weighted by molar-refractivity contribution is -0.135. The van der Waals surface area contributed by atoms with E-state index in [1.807, 2.05) is 6.92 Å². The van der Waals surface area contributed by atoms with Crippen LogP contribution < -0.4 is 10.6 Å². The van der Waals surface area contributed by atoms with E-state index in [2.05, 4.69) is 15.6 Å². The average Bonchev–Trinajstić information content (AvgIpc) is 2.44. The van der Waals surface area contributed by atoms with Crippen molar-refractivity contribution in [1.82, 2.24) is 10.3 Å². The molecule has 7 heteroatoms. The van der Waals surface area contributed by atoms with Gasteiger partial charge in [0.1, 0.15) is 5.69 Å². The Bertz CT molecular complexity index is 432. The number of aromatic nitrogens is 1. The highest BCUT2D eigenvalue weighted by Crippen LogP contribution is 2.21. The van der Waals surface area contributed by atoms with Crippen LogP contribution in [0.1, 0.15) is 43.1 Å². The van der Waals surface area contributed by atoms with Crippen molar-refractivity contribution < 1.29 is 18.0 Å². The van der Waals surface area contributed by atoms with Gasteiger partial charge in [0.2, 0.25) is 0 Å². The zero-order chi connectivity index (χ0) is 15.7. The first-order chi connectivity index (χ1) is 9.92. The number of halogens is 3. The van der Waals surface area contributed by atoms with Gasteiger partial charge >= 0.3 is 6.18 Å². The third kappa shape index (κ3) is 7.53. The smallest absolute Gasteiger partial charge is 0.384 e. The summed E-state index contributed by atoms with van der Waals surface area (Å²) in [4.78, 5) is 15.7. The van der Waals surface area contributed by atoms with E-state index in [4.69, 9.17) is 0 Å². The van der Waals surface area contributed by atoms with Gasteiger partial charge in [0.15, 0.2) is 0 Å². The first-order valence-corrected chi connectivity index (χ1v) is 6.97. The molecule has 0 fully saturated rings. The van der Waals surface area contributed by atoms with Gasteiger partial charge in [-0.2, -0.15) is 13.2 Å². The summed E-state index contributed by atoms with van der Waals surface area (Å²) in [5, 5.41) is 5.69. The average molecular weight is 303 g/mol. The largest absolute Gasteiger partial charge is 0.389 e. The van der Waals surface area contributed by atoms with Crippen molar-refractivity contribution >= 4 is 11.6 Å². The molecule has 0 aromatic carbocycles. The highest BCUT2D eigenvalue weighted by molar-refractivity contribution is 5.92. The maximum absolute atomic E-state index is 11.9. The minimum absolute atomic E-state index is 0.0110. The maximum atomic E-state index is 11.9. The molecular formula is C14H20F3N3O. The van der Waals surface area contributed by atoms with Gasteiger partial charge in [0, 0.05) is 19.5 Å². The first kappa shape index (κ1) is 17.3. The Morgan fingerprint density at radius 3 is 2.57 bits per heavy atom. The normalized spacial score (nSPS) is 11.2. The second-order valence-electron chi connectivity index (χ2n) is 4.69. The maximum Gasteiger partial charge on any atom is 0.389 e. The highest BCUT2D eigenvalue weighted by atomic mass is 19.4. The highest BCUT2D eigenvalue weighted by Gasteiger charge is 2.25. The lowest BCUT2D eigenvalue weighted by atomic mass is 10.2. The number of anilines is 1. The number of alkyl halides is 3. The number of amides is 1. The van der Waals surface area contributed by atoms with Gasteiger partial charge in [0.25, 0.3) is 5.91 Å². The lowest BCUT2D eigenvalue weighted by Crippen LogP contribution is -2.25. The van der Waals surface area contributed by atoms with Crippen molar-refractivity contribution in [3.63, 3.8) is 0 Å². The summed E-state index contributed by atoms with van der Waals surface area (Å²) in [6, 6.07) is 3.34. The molecule has 2 N–H and O–H groups in total. The van der Waals surface area contributed by atoms with Crippen molar-refractivity contribution in [2.24, 2.45) is 0 Å². The second-order valence-corrected chi connectivity index (χ2v) is 4.69. The Labute approximate surface area is 122 Å². The summed E-state index contributed by atoms with van der Waals surface area (Å²) >= 11 is 0. The summed E-state index contributed by atoms with van der Waals surface area (Å²) in [6.45, 7) is 3.08. The number of pyridine rings is 1. The molecule has 0 aliphatic carbocycles. The Morgan fingerprint density at radius 2 is 2.00 bits per heavy atom. The molecule has 1 rings (SSSR count). The molecule has 1 heterocycles. The third-order valence-electron chi connectivity index (χ3n) is 2.75. The summed E-state index contributed by atoms with van der Waals surface area (Å²) < 4.78 is 35.8. The van der Waals surface area contributed by atoms with Crippen LogP contribution in [0.15, 0.2) is 18.3 Å². The van der Waals surface area contributed by atoms with E-state index >= 15 is 0 Å². The van der Waals surface area contributed by atoms with E-state index in [0.717, 1.165) is 18.7 Å². The standard InChI is InChI=1S/C14H20F3N3O/c1-2-8-18-11-5-6-12(20-10-11)13(21)19-9-4-3-7-14(15,16)17/h5-6,10,18H,2-4,7-9H2,1H3,(H,19,21). The summed E-state index contributed by atoms with van der Waals surface area (Å²) in [7, 11) is 0. The quantitative estimate of drug-likeness (QED) is 0.724. The molecule has 1 aromatic rings. The number of hydrogen-bond donors (Lipinski definition) is 2. The molecule has 0 unspecified atom stereocenters. The number of rotatable bonds is 8. The molecule has 0 aliphatic rings. The minimum atomic E-state index is -4.13. The number of nitrogens with zero attached hydrogens (tertiary/aromatic N) is 1. The van der Waals surface area contributed by atoms with E-state index < -0.39 is 12.6 Å². The van der Waals surface area contributed by atoms with Crippen LogP contribution in [0.4, 0.5) is 18.9 Å². The predicted octanol–water partition coefficient (Wildman–Crippen LogP) is 3.37. The van der Waals surface area contributed by atoms with Crippen molar-refractivity contribution in [3.05, 3.63) is 24.0 Å². The van der Waals surface area contributed by atoms with Gasteiger partial charge in [-0.25, -0.2) is 4.98 Å². The van der Waals surface area contributed by atoms with Crippen molar-refractivity contribution in [2.45, 2.75) is 38.8 Å². The molecule has 0 aliphatic heterocycles. The van der Waals surface area contributed by atoms with Crippen LogP contribution in [0.3, 0.4) is 0 Å². The van der Waals surface area contributed by atoms with Crippen LogP contribution in [-0.4, -0.2) is 30.2 Å². The predicted molar refractivity (Wildman–Crippen MR) is 75.3 cm³/mol. The summed E-state index contributed by atoms with van der Waals surface area (Å²) in [5.41, 5.74) is 1.09. The topological polar surface area (TPSA) is 54.0 Å². The van der Waals surface area contributed by atoms with Gasteiger partial charge < -0.3 is 10.6 Å². The number of nitrogens with one attached hydrogen (secondary N) is 2. The molecular weight excluding hydrogens is 283 g/mol. The number of hydrogen-bond acceptors (Lipinski definition) is 3. The third-order valence-corrected chi connectivity index (χ3v) is 2.75. The van der Waals surface area contributed by atoms with E-state index in [0.29, 0.717) is 6.42 Å². The van der Waals surface area contributed by atoms with Crippen LogP contribution in [0, 0.1) is 0 Å². The van der Waals surface area contributed by atoms with Crippen LogP contribution in [0.25, 0.3) is 0 Å². The molecule has 118 valence electrons. The Hall–Kier alpha value is -1.79. The molecule has 0 radical (unpaired) electrons. The monoisotopic (exact) mass is 303 g/mol. The Morgan fingerprint density at radius 1 is 1.24 bits per heavy atom. The number of carbonyl (C=O) groups excluding carboxylic acids is 1. The van der Waals surface area contributed by atoms with E-state index in [1.54, 1.807) is 18.3 Å². The molecule has 0 saturated heterocycles. The molecule has 1 aromatic heterocycles. The summed E-state index contributed by atoms with van der Waals surface area (Å²) in [6.07, 6.45) is -2.10. The molecule has 0 spiro atoms. The van der Waals surface area contributed by atoms with Crippen LogP contribution in [0.2, 0.25) is 0 Å². The Balaban J connectivity index is 2.28. The van der Waals surface area contributed by atoms with Crippen molar-refractivity contribution in [2.75, 3.05) is 18.4 Å². The lowest BCUT2D eigenvalue weighted by Gasteiger charge is -2.08. The van der Waals surface area contributed by atoms with Gasteiger partial charge in [0.05, 0.1) is 11.9 Å². The Kier molecular flexibility index (Phi) is 6.98. The second kappa shape index (κ2) is 8.49. The van der Waals surface area contributed by atoms with Crippen LogP contribution >= 0.6 is 0 Å². The van der Waals surface area contributed by atoms with Gasteiger partial charge in [-0.3, -0.25) is 4.79 Å². The molecule has 0 atom stereocenters. The van der Waals surface area contributed by atoms with Crippen molar-refractivity contribution in [3.8, 4) is 0 Å². The van der Waals surface area contributed by atoms with Crippen LogP contribution in [0.5, 0.6) is 0 Å². The van der Waals surface area contributed by atoms with E-state index in [9.17, 15) is 18.0 Å². The zero-order valence-electron chi connectivity index (χ0n) is 12.0. The first-order valence-electron chi connectivity index (χ1n) is 6.97. The minimum Gasteiger partial charge on any atom is -0.384 e. The molecule has 0 saturated carbocycles. The number of carbonyl (C=O) groups is 1. The SMILES string of the molecule is CCCNc1ccc(C(=O)NCCCCC(F)(F)F)nc1. The van der Waals surface area contributed by atoms with Crippen molar-refractivity contribution in [1.29, 1.82) is 0 Å². The zero-order valence-corrected chi connectivity index (χ0v) is 12.0. The molecule has 1 amide bonds. The fourth-order valence-corrected chi connectivity index (χ4v) is 1.65. The van der Waals surface area contributed by atoms with Gasteiger partial charge in [-0.1, -0.05) is 6.92 Å². The van der Waals surface area contributed by atoms with Gasteiger partial charge in [-0.05, 0) is 31.4 Å².